The second-order valence-corrected chi connectivity index (χ2v) is 6.53. The maximum Gasteiger partial charge on any atom is 0.210 e. The molecule has 1 N–H and O–H groups in total. The highest BCUT2D eigenvalue weighted by Gasteiger charge is 2.16. The van der Waals surface area contributed by atoms with Crippen molar-refractivity contribution >= 4 is 41.6 Å². The van der Waals surface area contributed by atoms with Crippen LogP contribution in [0.1, 0.15) is 10.4 Å². The van der Waals surface area contributed by atoms with Crippen molar-refractivity contribution in [3.05, 3.63) is 50.3 Å². The minimum absolute atomic E-state index is 0.150. The van der Waals surface area contributed by atoms with Gasteiger partial charge in [0.15, 0.2) is 3.95 Å². The molecule has 3 rings (SSSR count). The Labute approximate surface area is 142 Å². The van der Waals surface area contributed by atoms with Crippen LogP contribution in [0.3, 0.4) is 0 Å². The molecule has 23 heavy (non-hydrogen) atoms. The van der Waals surface area contributed by atoms with Gasteiger partial charge in [0.25, 0.3) is 0 Å². The molecule has 1 aliphatic rings. The minimum atomic E-state index is 0.150. The monoisotopic (exact) mass is 345 g/mol. The van der Waals surface area contributed by atoms with Gasteiger partial charge in [0.2, 0.25) is 5.88 Å². The Hall–Kier alpha value is -2.09. The molecular formula is C16H15N3O2S2. The van der Waals surface area contributed by atoms with Gasteiger partial charge in [-0.3, -0.25) is 4.57 Å². The van der Waals surface area contributed by atoms with Crippen LogP contribution < -0.4 is 0 Å². The average molecular weight is 345 g/mol. The van der Waals surface area contributed by atoms with Gasteiger partial charge >= 0.3 is 0 Å². The number of hydrogen-bond acceptors (Lipinski definition) is 6. The first-order chi connectivity index (χ1) is 11.2. The fourth-order valence-corrected chi connectivity index (χ4v) is 3.53. The lowest BCUT2D eigenvalue weighted by atomic mass is 10.0. The van der Waals surface area contributed by atoms with Crippen LogP contribution in [0, 0.1) is 3.95 Å². The highest BCUT2D eigenvalue weighted by molar-refractivity contribution is 7.73. The molecule has 0 aliphatic carbocycles. The highest BCUT2D eigenvalue weighted by atomic mass is 32.1. The maximum absolute atomic E-state index is 10.4. The molecule has 0 bridgehead atoms. The van der Waals surface area contributed by atoms with E-state index in [9.17, 15) is 5.11 Å². The number of aromatic nitrogens is 1. The Bertz CT molecular complexity index is 848. The maximum atomic E-state index is 10.4. The molecule has 1 aromatic carbocycles. The van der Waals surface area contributed by atoms with Gasteiger partial charge in [0.05, 0.1) is 24.2 Å². The molecule has 2 aromatic rings. The normalized spacial score (nSPS) is 15.3. The summed E-state index contributed by atoms with van der Waals surface area (Å²) in [5.74, 6) is 0.150. The van der Waals surface area contributed by atoms with Crippen LogP contribution in [0.15, 0.2) is 46.1 Å². The van der Waals surface area contributed by atoms with E-state index in [-0.39, 0.29) is 5.88 Å². The molecule has 5 nitrogen and oxygen atoms in total. The fourth-order valence-electron chi connectivity index (χ4n) is 2.22. The Morgan fingerprint density at radius 2 is 2.13 bits per heavy atom. The Kier molecular flexibility index (Phi) is 4.80. The zero-order chi connectivity index (χ0) is 16.2. The van der Waals surface area contributed by atoms with Gasteiger partial charge < -0.3 is 9.84 Å². The van der Waals surface area contributed by atoms with E-state index in [0.29, 0.717) is 22.0 Å². The molecule has 0 amide bonds. The molecule has 2 heterocycles. The lowest BCUT2D eigenvalue weighted by Gasteiger charge is -2.04. The summed E-state index contributed by atoms with van der Waals surface area (Å²) in [7, 11) is 1.62. The number of ether oxygens (including phenoxy) is 1. The summed E-state index contributed by atoms with van der Waals surface area (Å²) in [6, 6.07) is 9.82. The predicted molar refractivity (Wildman–Crippen MR) is 96.1 cm³/mol. The van der Waals surface area contributed by atoms with E-state index in [1.54, 1.807) is 17.9 Å². The SMILES string of the molecule is COCCn1c(O)c(C=C2C=NN=C2c2ccccc2)sc1=S. The molecule has 0 radical (unpaired) electrons. The molecule has 7 heteroatoms. The van der Waals surface area contributed by atoms with Crippen molar-refractivity contribution in [3.63, 3.8) is 0 Å². The van der Waals surface area contributed by atoms with Crippen molar-refractivity contribution < 1.29 is 9.84 Å². The first-order valence-corrected chi connectivity index (χ1v) is 8.23. The third-order valence-corrected chi connectivity index (χ3v) is 4.76. The van der Waals surface area contributed by atoms with Crippen LogP contribution >= 0.6 is 23.6 Å². The zero-order valence-electron chi connectivity index (χ0n) is 12.5. The molecular weight excluding hydrogens is 330 g/mol. The first-order valence-electron chi connectivity index (χ1n) is 7.00. The lowest BCUT2D eigenvalue weighted by Crippen LogP contribution is -2.03. The van der Waals surface area contributed by atoms with Crippen molar-refractivity contribution in [1.82, 2.24) is 4.57 Å². The van der Waals surface area contributed by atoms with E-state index in [4.69, 9.17) is 17.0 Å². The molecule has 0 saturated carbocycles. The summed E-state index contributed by atoms with van der Waals surface area (Å²) >= 11 is 6.67. The van der Waals surface area contributed by atoms with Crippen molar-refractivity contribution in [3.8, 4) is 5.88 Å². The van der Waals surface area contributed by atoms with Crippen molar-refractivity contribution in [2.45, 2.75) is 6.54 Å². The molecule has 0 spiro atoms. The number of aromatic hydroxyl groups is 1. The van der Waals surface area contributed by atoms with Gasteiger partial charge in [-0.15, -0.1) is 16.4 Å². The molecule has 0 fully saturated rings. The standard InChI is InChI=1S/C16H15N3O2S2/c1-21-8-7-19-15(20)13(23-16(19)22)9-12-10-17-18-14(12)11-5-3-2-4-6-11/h2-6,9-10,20H,7-8H2,1H3. The largest absolute Gasteiger partial charge is 0.493 e. The number of nitrogens with zero attached hydrogens (tertiary/aromatic N) is 3. The first kappa shape index (κ1) is 15.8. The Morgan fingerprint density at radius 1 is 1.35 bits per heavy atom. The van der Waals surface area contributed by atoms with Crippen molar-refractivity contribution in [1.29, 1.82) is 0 Å². The van der Waals surface area contributed by atoms with Gasteiger partial charge in [-0.2, -0.15) is 5.10 Å². The Morgan fingerprint density at radius 3 is 2.87 bits per heavy atom. The van der Waals surface area contributed by atoms with Gasteiger partial charge in [0.1, 0.15) is 5.71 Å². The summed E-state index contributed by atoms with van der Waals surface area (Å²) in [5.41, 5.74) is 2.62. The number of thiazole rings is 1. The second-order valence-electron chi connectivity index (χ2n) is 4.86. The Balaban J connectivity index is 1.94. The van der Waals surface area contributed by atoms with Crippen molar-refractivity contribution in [2.24, 2.45) is 10.2 Å². The van der Waals surface area contributed by atoms with E-state index in [1.807, 2.05) is 36.4 Å². The van der Waals surface area contributed by atoms with Crippen LogP contribution in [-0.4, -0.2) is 35.3 Å². The van der Waals surface area contributed by atoms with Crippen LogP contribution in [0.2, 0.25) is 0 Å². The number of methoxy groups -OCH3 is 1. The molecule has 1 aliphatic heterocycles. The molecule has 118 valence electrons. The van der Waals surface area contributed by atoms with Crippen LogP contribution in [0.5, 0.6) is 5.88 Å². The lowest BCUT2D eigenvalue weighted by molar-refractivity contribution is 0.183. The van der Waals surface area contributed by atoms with Gasteiger partial charge in [-0.1, -0.05) is 30.3 Å². The summed E-state index contributed by atoms with van der Waals surface area (Å²) in [5, 5.41) is 18.5. The molecule has 0 unspecified atom stereocenters. The average Bonchev–Trinajstić information content (AvgIpc) is 3.13. The quantitative estimate of drug-likeness (QED) is 0.844. The highest BCUT2D eigenvalue weighted by Crippen LogP contribution is 2.29. The van der Waals surface area contributed by atoms with Crippen LogP contribution in [0.25, 0.3) is 6.08 Å². The van der Waals surface area contributed by atoms with Gasteiger partial charge in [0, 0.05) is 18.2 Å². The summed E-state index contributed by atoms with van der Waals surface area (Å²) in [6.45, 7) is 1.02. The third-order valence-electron chi connectivity index (χ3n) is 3.37. The molecule has 0 atom stereocenters. The smallest absolute Gasteiger partial charge is 0.210 e. The van der Waals surface area contributed by atoms with Crippen LogP contribution in [0.4, 0.5) is 0 Å². The topological polar surface area (TPSA) is 59.1 Å². The number of benzene rings is 1. The van der Waals surface area contributed by atoms with E-state index < -0.39 is 0 Å². The zero-order valence-corrected chi connectivity index (χ0v) is 14.1. The summed E-state index contributed by atoms with van der Waals surface area (Å²) < 4.78 is 7.32. The van der Waals surface area contributed by atoms with Gasteiger partial charge in [-0.25, -0.2) is 0 Å². The van der Waals surface area contributed by atoms with Crippen molar-refractivity contribution in [2.75, 3.05) is 13.7 Å². The fraction of sp³-hybridized carbons (Fsp3) is 0.188. The summed E-state index contributed by atoms with van der Waals surface area (Å²) in [4.78, 5) is 0.693. The molecule has 0 saturated heterocycles. The summed E-state index contributed by atoms with van der Waals surface area (Å²) in [6.07, 6.45) is 3.55. The number of allylic oxidation sites excluding steroid dienone is 1. The van der Waals surface area contributed by atoms with E-state index in [0.717, 1.165) is 16.8 Å². The second kappa shape index (κ2) is 6.99. The third kappa shape index (κ3) is 3.31. The number of hydrogen-bond donors (Lipinski definition) is 1. The molecule has 1 aromatic heterocycles. The predicted octanol–water partition coefficient (Wildman–Crippen LogP) is 3.50. The minimum Gasteiger partial charge on any atom is -0.493 e. The number of rotatable bonds is 5. The van der Waals surface area contributed by atoms with Gasteiger partial charge in [-0.05, 0) is 18.3 Å². The van der Waals surface area contributed by atoms with E-state index in [1.165, 1.54) is 11.3 Å². The van der Waals surface area contributed by atoms with E-state index in [2.05, 4.69) is 10.2 Å². The van der Waals surface area contributed by atoms with E-state index >= 15 is 0 Å². The van der Waals surface area contributed by atoms with Crippen LogP contribution in [-0.2, 0) is 11.3 Å².